The Morgan fingerprint density at radius 1 is 1.20 bits per heavy atom. The smallest absolute Gasteiger partial charge is 0.408 e. The zero-order valence-electron chi connectivity index (χ0n) is 14.0. The van der Waals surface area contributed by atoms with Gasteiger partial charge in [-0.05, 0) is 25.0 Å². The molecular weight excluding hydrogens is 346 g/mol. The first-order chi connectivity index (χ1) is 11.9. The zero-order valence-corrected chi connectivity index (χ0v) is 14.8. The summed E-state index contributed by atoms with van der Waals surface area (Å²) in [7, 11) is -2.15. The lowest BCUT2D eigenvalue weighted by molar-refractivity contribution is -0.121. The maximum Gasteiger partial charge on any atom is 0.420 e. The molecule has 0 atom stereocenters. The van der Waals surface area contributed by atoms with Crippen molar-refractivity contribution in [2.75, 3.05) is 20.1 Å². The summed E-state index contributed by atoms with van der Waals surface area (Å²) in [5.74, 6) is -1.03. The fraction of sp³-hybridized carbons (Fsp3) is 0.500. The minimum absolute atomic E-state index is 0.0998. The molecule has 3 rings (SSSR count). The van der Waals surface area contributed by atoms with Gasteiger partial charge in [-0.3, -0.25) is 9.36 Å². The van der Waals surface area contributed by atoms with Crippen LogP contribution >= 0.6 is 0 Å². The molecule has 1 aliphatic rings. The minimum Gasteiger partial charge on any atom is -0.408 e. The number of nitrogens with zero attached hydrogens (tertiary/aromatic N) is 2. The molecule has 1 aromatic heterocycles. The molecule has 25 heavy (non-hydrogen) atoms. The molecule has 1 amide bonds. The van der Waals surface area contributed by atoms with Crippen LogP contribution in [-0.2, 0) is 21.4 Å². The summed E-state index contributed by atoms with van der Waals surface area (Å²) < 4.78 is 33.5. The second kappa shape index (κ2) is 7.01. The minimum atomic E-state index is -3.63. The normalized spacial score (nSPS) is 16.7. The van der Waals surface area contributed by atoms with E-state index in [-0.39, 0.29) is 22.9 Å². The summed E-state index contributed by atoms with van der Waals surface area (Å²) in [4.78, 5) is 23.6. The highest BCUT2D eigenvalue weighted by Crippen LogP contribution is 2.23. The standard InChI is InChI=1S/C16H21N3O5S/c1-17-15(20)11-19-13-7-6-12(10-14(13)24-16(19)21)25(22,23)18-8-4-2-3-5-9-18/h6-7,10H,2-5,8-9,11H2,1H3,(H,17,20). The SMILES string of the molecule is CNC(=O)Cn1c(=O)oc2cc(S(=O)(=O)N3CCCCCC3)ccc21. The van der Waals surface area contributed by atoms with Gasteiger partial charge in [-0.15, -0.1) is 0 Å². The molecule has 0 aliphatic carbocycles. The molecule has 0 bridgehead atoms. The molecule has 1 aromatic carbocycles. The number of aromatic nitrogens is 1. The average Bonchev–Trinajstić information content (AvgIpc) is 2.79. The molecule has 9 heteroatoms. The summed E-state index contributed by atoms with van der Waals surface area (Å²) in [5, 5.41) is 2.44. The Labute approximate surface area is 145 Å². The van der Waals surface area contributed by atoms with Crippen molar-refractivity contribution in [2.45, 2.75) is 37.1 Å². The largest absolute Gasteiger partial charge is 0.420 e. The molecule has 1 fully saturated rings. The predicted octanol–water partition coefficient (Wildman–Crippen LogP) is 0.905. The van der Waals surface area contributed by atoms with Crippen molar-refractivity contribution < 1.29 is 17.6 Å². The lowest BCUT2D eigenvalue weighted by atomic mass is 10.2. The number of rotatable bonds is 4. The van der Waals surface area contributed by atoms with Gasteiger partial charge in [0.15, 0.2) is 5.58 Å². The number of sulfonamides is 1. The van der Waals surface area contributed by atoms with Crippen LogP contribution in [0.5, 0.6) is 0 Å². The molecule has 8 nitrogen and oxygen atoms in total. The zero-order chi connectivity index (χ0) is 18.0. The number of carbonyl (C=O) groups is 1. The average molecular weight is 367 g/mol. The van der Waals surface area contributed by atoms with Gasteiger partial charge < -0.3 is 9.73 Å². The van der Waals surface area contributed by atoms with Crippen LogP contribution in [-0.4, -0.2) is 43.3 Å². The van der Waals surface area contributed by atoms with Crippen LogP contribution in [0.15, 0.2) is 32.3 Å². The Kier molecular flexibility index (Phi) is 4.96. The quantitative estimate of drug-likeness (QED) is 0.865. The van der Waals surface area contributed by atoms with Crippen molar-refractivity contribution in [3.8, 4) is 0 Å². The first kappa shape index (κ1) is 17.7. The van der Waals surface area contributed by atoms with E-state index in [0.29, 0.717) is 18.6 Å². The fourth-order valence-electron chi connectivity index (χ4n) is 3.01. The number of hydrogen-bond acceptors (Lipinski definition) is 5. The van der Waals surface area contributed by atoms with Gasteiger partial charge in [-0.25, -0.2) is 13.2 Å². The number of fused-ring (bicyclic) bond motifs is 1. The lowest BCUT2D eigenvalue weighted by Crippen LogP contribution is -2.31. The maximum atomic E-state index is 12.8. The molecule has 2 aromatic rings. The molecule has 1 saturated heterocycles. The number of benzene rings is 1. The second-order valence-electron chi connectivity index (χ2n) is 6.08. The van der Waals surface area contributed by atoms with Crippen molar-refractivity contribution in [1.82, 2.24) is 14.2 Å². The third kappa shape index (κ3) is 3.47. The lowest BCUT2D eigenvalue weighted by Gasteiger charge is -2.19. The highest BCUT2D eigenvalue weighted by molar-refractivity contribution is 7.89. The van der Waals surface area contributed by atoms with Gasteiger partial charge in [0.25, 0.3) is 0 Å². The Bertz CT molecular complexity index is 936. The van der Waals surface area contributed by atoms with Crippen molar-refractivity contribution >= 4 is 27.0 Å². The van der Waals surface area contributed by atoms with E-state index >= 15 is 0 Å². The van der Waals surface area contributed by atoms with Crippen LogP contribution in [0.4, 0.5) is 0 Å². The number of nitrogens with one attached hydrogen (secondary N) is 1. The van der Waals surface area contributed by atoms with Crippen molar-refractivity contribution in [3.63, 3.8) is 0 Å². The van der Waals surface area contributed by atoms with E-state index in [1.165, 1.54) is 34.1 Å². The molecule has 2 heterocycles. The third-order valence-electron chi connectivity index (χ3n) is 4.42. The fourth-order valence-corrected chi connectivity index (χ4v) is 4.54. The van der Waals surface area contributed by atoms with Crippen molar-refractivity contribution in [2.24, 2.45) is 0 Å². The van der Waals surface area contributed by atoms with E-state index in [2.05, 4.69) is 5.32 Å². The molecule has 0 saturated carbocycles. The van der Waals surface area contributed by atoms with Gasteiger partial charge in [0, 0.05) is 26.2 Å². The van der Waals surface area contributed by atoms with Gasteiger partial charge in [-0.1, -0.05) is 12.8 Å². The predicted molar refractivity (Wildman–Crippen MR) is 91.8 cm³/mol. The summed E-state index contributed by atoms with van der Waals surface area (Å²) in [6, 6.07) is 4.32. The maximum absolute atomic E-state index is 12.8. The van der Waals surface area contributed by atoms with E-state index in [4.69, 9.17) is 4.42 Å². The number of oxazole rings is 1. The molecule has 0 spiro atoms. The van der Waals surface area contributed by atoms with Gasteiger partial charge in [0.1, 0.15) is 6.54 Å². The van der Waals surface area contributed by atoms with Crippen LogP contribution < -0.4 is 11.1 Å². The van der Waals surface area contributed by atoms with Crippen molar-refractivity contribution in [1.29, 1.82) is 0 Å². The summed E-state index contributed by atoms with van der Waals surface area (Å²) in [5.41, 5.74) is 0.549. The molecule has 136 valence electrons. The van der Waals surface area contributed by atoms with Crippen LogP contribution in [0.3, 0.4) is 0 Å². The monoisotopic (exact) mass is 367 g/mol. The van der Waals surface area contributed by atoms with E-state index in [9.17, 15) is 18.0 Å². The van der Waals surface area contributed by atoms with E-state index in [1.807, 2.05) is 0 Å². The molecule has 0 radical (unpaired) electrons. The Hall–Kier alpha value is -2.13. The number of carbonyl (C=O) groups excluding carboxylic acids is 1. The van der Waals surface area contributed by atoms with Crippen LogP contribution in [0.1, 0.15) is 25.7 Å². The van der Waals surface area contributed by atoms with Gasteiger partial charge in [-0.2, -0.15) is 4.31 Å². The van der Waals surface area contributed by atoms with Gasteiger partial charge >= 0.3 is 5.76 Å². The third-order valence-corrected chi connectivity index (χ3v) is 6.32. The van der Waals surface area contributed by atoms with Crippen LogP contribution in [0, 0.1) is 0 Å². The second-order valence-corrected chi connectivity index (χ2v) is 8.01. The van der Waals surface area contributed by atoms with Crippen LogP contribution in [0.2, 0.25) is 0 Å². The highest BCUT2D eigenvalue weighted by Gasteiger charge is 2.26. The summed E-state index contributed by atoms with van der Waals surface area (Å²) in [6.07, 6.45) is 3.75. The molecular formula is C16H21N3O5S. The topological polar surface area (TPSA) is 102 Å². The Balaban J connectivity index is 1.98. The van der Waals surface area contributed by atoms with E-state index in [0.717, 1.165) is 25.7 Å². The van der Waals surface area contributed by atoms with Gasteiger partial charge in [0.05, 0.1) is 10.4 Å². The summed E-state index contributed by atoms with van der Waals surface area (Å²) >= 11 is 0. The first-order valence-corrected chi connectivity index (χ1v) is 9.71. The van der Waals surface area contributed by atoms with Crippen LogP contribution in [0.25, 0.3) is 11.1 Å². The summed E-state index contributed by atoms with van der Waals surface area (Å²) in [6.45, 7) is 0.824. The number of amides is 1. The first-order valence-electron chi connectivity index (χ1n) is 8.27. The molecule has 1 aliphatic heterocycles. The van der Waals surface area contributed by atoms with Crippen molar-refractivity contribution in [3.05, 3.63) is 28.7 Å². The molecule has 1 N–H and O–H groups in total. The Morgan fingerprint density at radius 3 is 2.52 bits per heavy atom. The van der Waals surface area contributed by atoms with E-state index in [1.54, 1.807) is 0 Å². The van der Waals surface area contributed by atoms with E-state index < -0.39 is 15.8 Å². The molecule has 0 unspecified atom stereocenters. The Morgan fingerprint density at radius 2 is 1.88 bits per heavy atom. The highest BCUT2D eigenvalue weighted by atomic mass is 32.2. The number of likely N-dealkylation sites (N-methyl/N-ethyl adjacent to an activating group) is 1. The number of hydrogen-bond donors (Lipinski definition) is 1. The van der Waals surface area contributed by atoms with Gasteiger partial charge in [0.2, 0.25) is 15.9 Å².